The molecule has 1 unspecified atom stereocenters. The van der Waals surface area contributed by atoms with Gasteiger partial charge in [0.1, 0.15) is 0 Å². The maximum Gasteiger partial charge on any atom is 0.172 e. The first kappa shape index (κ1) is 15.4. The molecule has 18 heavy (non-hydrogen) atoms. The van der Waals surface area contributed by atoms with Crippen LogP contribution < -0.4 is 0 Å². The van der Waals surface area contributed by atoms with E-state index < -0.39 is 9.84 Å². The van der Waals surface area contributed by atoms with Crippen molar-refractivity contribution in [3.05, 3.63) is 22.4 Å². The lowest BCUT2D eigenvalue weighted by Gasteiger charge is -2.08. The van der Waals surface area contributed by atoms with Crippen molar-refractivity contribution >= 4 is 27.0 Å². The van der Waals surface area contributed by atoms with Gasteiger partial charge in [-0.15, -0.1) is 11.3 Å². The van der Waals surface area contributed by atoms with Crippen LogP contribution in [-0.2, 0) is 9.84 Å². The summed E-state index contributed by atoms with van der Waals surface area (Å²) in [6.45, 7) is 3.93. The van der Waals surface area contributed by atoms with Crippen molar-refractivity contribution in [1.29, 1.82) is 0 Å². The average molecular weight is 288 g/mol. The van der Waals surface area contributed by atoms with Gasteiger partial charge in [0.05, 0.1) is 16.4 Å². The van der Waals surface area contributed by atoms with Crippen LogP contribution >= 0.6 is 11.3 Å². The molecule has 0 N–H and O–H groups in total. The summed E-state index contributed by atoms with van der Waals surface area (Å²) in [5.41, 5.74) is 0. The summed E-state index contributed by atoms with van der Waals surface area (Å²) < 4.78 is 23.5. The molecule has 0 aliphatic carbocycles. The molecule has 102 valence electrons. The van der Waals surface area contributed by atoms with Gasteiger partial charge < -0.3 is 0 Å². The monoisotopic (exact) mass is 288 g/mol. The number of thiophene rings is 1. The number of sulfone groups is 1. The molecule has 1 heterocycles. The molecule has 0 spiro atoms. The Morgan fingerprint density at radius 3 is 2.72 bits per heavy atom. The Morgan fingerprint density at radius 2 is 2.17 bits per heavy atom. The molecule has 1 rings (SSSR count). The zero-order valence-electron chi connectivity index (χ0n) is 10.9. The number of Topliss-reactive ketones (excluding diaryl/α,β-unsaturated/α-hetero) is 1. The van der Waals surface area contributed by atoms with Gasteiger partial charge in [-0.1, -0.05) is 26.3 Å². The van der Waals surface area contributed by atoms with Crippen molar-refractivity contribution < 1.29 is 13.2 Å². The second-order valence-corrected chi connectivity index (χ2v) is 7.81. The van der Waals surface area contributed by atoms with E-state index in [2.05, 4.69) is 0 Å². The van der Waals surface area contributed by atoms with Gasteiger partial charge in [0.2, 0.25) is 0 Å². The third kappa shape index (κ3) is 5.31. The smallest absolute Gasteiger partial charge is 0.172 e. The fourth-order valence-corrected chi connectivity index (χ4v) is 4.20. The molecule has 1 aromatic heterocycles. The lowest BCUT2D eigenvalue weighted by Crippen LogP contribution is -2.17. The number of carbonyl (C=O) groups excluding carboxylic acids is 1. The average Bonchev–Trinajstić information content (AvgIpc) is 2.81. The Bertz CT molecular complexity index is 460. The first-order chi connectivity index (χ1) is 8.44. The number of ketones is 1. The standard InChI is InChI=1S/C13H20O3S2/c1-3-11(2)10-18(15,16)9-5-6-12(14)13-7-4-8-17-13/h4,7-8,11H,3,5-6,9-10H2,1-2H3. The summed E-state index contributed by atoms with van der Waals surface area (Å²) in [6.07, 6.45) is 1.61. The maximum absolute atomic E-state index is 11.8. The molecule has 0 bridgehead atoms. The van der Waals surface area contributed by atoms with E-state index in [1.165, 1.54) is 11.3 Å². The fourth-order valence-electron chi connectivity index (χ4n) is 1.65. The highest BCUT2D eigenvalue weighted by molar-refractivity contribution is 7.91. The predicted octanol–water partition coefficient (Wildman–Crippen LogP) is 3.17. The molecule has 1 atom stereocenters. The number of rotatable bonds is 8. The van der Waals surface area contributed by atoms with Crippen LogP contribution in [0.5, 0.6) is 0 Å². The highest BCUT2D eigenvalue weighted by atomic mass is 32.2. The Morgan fingerprint density at radius 1 is 1.44 bits per heavy atom. The minimum atomic E-state index is -3.01. The first-order valence-corrected chi connectivity index (χ1v) is 8.92. The lowest BCUT2D eigenvalue weighted by molar-refractivity contribution is 0.0986. The predicted molar refractivity (Wildman–Crippen MR) is 76.0 cm³/mol. The van der Waals surface area contributed by atoms with Crippen LogP contribution in [-0.4, -0.2) is 25.7 Å². The molecule has 1 aromatic rings. The second kappa shape index (κ2) is 7.04. The molecule has 0 amide bonds. The number of hydrogen-bond acceptors (Lipinski definition) is 4. The summed E-state index contributed by atoms with van der Waals surface area (Å²) in [4.78, 5) is 12.4. The van der Waals surface area contributed by atoms with E-state index in [1.54, 1.807) is 6.07 Å². The Hall–Kier alpha value is -0.680. The molecule has 0 saturated carbocycles. The van der Waals surface area contributed by atoms with Gasteiger partial charge in [-0.3, -0.25) is 4.79 Å². The summed E-state index contributed by atoms with van der Waals surface area (Å²) >= 11 is 1.40. The highest BCUT2D eigenvalue weighted by Crippen LogP contribution is 2.13. The van der Waals surface area contributed by atoms with Gasteiger partial charge in [-0.25, -0.2) is 8.42 Å². The number of hydrogen-bond donors (Lipinski definition) is 0. The number of carbonyl (C=O) groups is 1. The van der Waals surface area contributed by atoms with E-state index in [1.807, 2.05) is 25.3 Å². The Labute approximate surface area is 113 Å². The molecule has 0 aliphatic rings. The molecule has 3 nitrogen and oxygen atoms in total. The Balaban J connectivity index is 2.35. The van der Waals surface area contributed by atoms with Crippen molar-refractivity contribution in [2.45, 2.75) is 33.1 Å². The normalized spacial score (nSPS) is 13.4. The van der Waals surface area contributed by atoms with Crippen LogP contribution in [0.3, 0.4) is 0 Å². The SMILES string of the molecule is CCC(C)CS(=O)(=O)CCCC(=O)c1cccs1. The summed E-state index contributed by atoms with van der Waals surface area (Å²) in [5.74, 6) is 0.595. The fraction of sp³-hybridized carbons (Fsp3) is 0.615. The minimum absolute atomic E-state index is 0.0451. The van der Waals surface area contributed by atoms with Gasteiger partial charge in [0.15, 0.2) is 15.6 Å². The Kier molecular flexibility index (Phi) is 6.02. The zero-order valence-corrected chi connectivity index (χ0v) is 12.5. The summed E-state index contributed by atoms with van der Waals surface area (Å²) in [5, 5.41) is 1.85. The maximum atomic E-state index is 11.8. The van der Waals surface area contributed by atoms with E-state index in [-0.39, 0.29) is 23.2 Å². The highest BCUT2D eigenvalue weighted by Gasteiger charge is 2.15. The molecule has 0 saturated heterocycles. The van der Waals surface area contributed by atoms with Crippen molar-refractivity contribution in [2.24, 2.45) is 5.92 Å². The molecule has 0 aliphatic heterocycles. The van der Waals surface area contributed by atoms with Crippen LogP contribution in [0.15, 0.2) is 17.5 Å². The molecule has 5 heteroatoms. The molecular formula is C13H20O3S2. The van der Waals surface area contributed by atoms with Crippen LogP contribution in [0.4, 0.5) is 0 Å². The molecule has 0 fully saturated rings. The third-order valence-corrected chi connectivity index (χ3v) is 5.79. The summed E-state index contributed by atoms with van der Waals surface area (Å²) in [7, 11) is -3.01. The lowest BCUT2D eigenvalue weighted by atomic mass is 10.2. The van der Waals surface area contributed by atoms with E-state index in [0.717, 1.165) is 6.42 Å². The van der Waals surface area contributed by atoms with E-state index in [0.29, 0.717) is 17.7 Å². The first-order valence-electron chi connectivity index (χ1n) is 6.21. The van der Waals surface area contributed by atoms with E-state index >= 15 is 0 Å². The van der Waals surface area contributed by atoms with E-state index in [9.17, 15) is 13.2 Å². The topological polar surface area (TPSA) is 51.2 Å². The minimum Gasteiger partial charge on any atom is -0.293 e. The van der Waals surface area contributed by atoms with E-state index in [4.69, 9.17) is 0 Å². The van der Waals surface area contributed by atoms with Crippen molar-refractivity contribution in [1.82, 2.24) is 0 Å². The van der Waals surface area contributed by atoms with Crippen LogP contribution in [0, 0.1) is 5.92 Å². The molecule has 0 aromatic carbocycles. The second-order valence-electron chi connectivity index (χ2n) is 4.63. The van der Waals surface area contributed by atoms with Crippen LogP contribution in [0.1, 0.15) is 42.8 Å². The van der Waals surface area contributed by atoms with Gasteiger partial charge in [-0.2, -0.15) is 0 Å². The summed E-state index contributed by atoms with van der Waals surface area (Å²) in [6, 6.07) is 3.61. The third-order valence-electron chi connectivity index (χ3n) is 2.89. The van der Waals surface area contributed by atoms with Gasteiger partial charge in [0.25, 0.3) is 0 Å². The van der Waals surface area contributed by atoms with Gasteiger partial charge in [-0.05, 0) is 23.8 Å². The van der Waals surface area contributed by atoms with Gasteiger partial charge in [0, 0.05) is 6.42 Å². The molecule has 0 radical (unpaired) electrons. The largest absolute Gasteiger partial charge is 0.293 e. The van der Waals surface area contributed by atoms with Gasteiger partial charge >= 0.3 is 0 Å². The van der Waals surface area contributed by atoms with Crippen LogP contribution in [0.2, 0.25) is 0 Å². The van der Waals surface area contributed by atoms with Crippen LogP contribution in [0.25, 0.3) is 0 Å². The van der Waals surface area contributed by atoms with Crippen molar-refractivity contribution in [2.75, 3.05) is 11.5 Å². The quantitative estimate of drug-likeness (QED) is 0.690. The molecular weight excluding hydrogens is 268 g/mol. The van der Waals surface area contributed by atoms with Crippen molar-refractivity contribution in [3.63, 3.8) is 0 Å². The zero-order chi connectivity index (χ0) is 13.6. The van der Waals surface area contributed by atoms with Crippen molar-refractivity contribution in [3.8, 4) is 0 Å².